The fourth-order valence-electron chi connectivity index (χ4n) is 1.74. The van der Waals surface area contributed by atoms with Crippen LogP contribution in [0.25, 0.3) is 0 Å². The van der Waals surface area contributed by atoms with E-state index in [0.29, 0.717) is 6.54 Å². The molecule has 0 bridgehead atoms. The van der Waals surface area contributed by atoms with Crippen molar-refractivity contribution in [3.8, 4) is 0 Å². The first kappa shape index (κ1) is 17.0. The molecule has 0 saturated carbocycles. The molecule has 0 radical (unpaired) electrons. The van der Waals surface area contributed by atoms with E-state index < -0.39 is 23.1 Å². The van der Waals surface area contributed by atoms with Crippen molar-refractivity contribution < 1.29 is 18.4 Å². The zero-order chi connectivity index (χ0) is 15.8. The number of hydrogen-bond acceptors (Lipinski definition) is 3. The van der Waals surface area contributed by atoms with Gasteiger partial charge in [-0.05, 0) is 19.2 Å². The number of carbonyl (C=O) groups excluding carboxylic acids is 2. The maximum atomic E-state index is 13.4. The third-order valence-corrected chi connectivity index (χ3v) is 2.86. The molecule has 0 saturated heterocycles. The van der Waals surface area contributed by atoms with Crippen LogP contribution in [0.15, 0.2) is 18.2 Å². The summed E-state index contributed by atoms with van der Waals surface area (Å²) in [5.41, 5.74) is -0.618. The molecule has 0 aliphatic rings. The highest BCUT2D eigenvalue weighted by Gasteiger charge is 2.16. The molecule has 0 aromatic heterocycles. The van der Waals surface area contributed by atoms with Gasteiger partial charge in [0.25, 0.3) is 5.91 Å². The van der Waals surface area contributed by atoms with Crippen LogP contribution in [0.5, 0.6) is 0 Å². The monoisotopic (exact) mass is 299 g/mol. The predicted octanol–water partition coefficient (Wildman–Crippen LogP) is 0.666. The third kappa shape index (κ3) is 5.11. The van der Waals surface area contributed by atoms with Crippen molar-refractivity contribution in [3.63, 3.8) is 0 Å². The largest absolute Gasteiger partial charge is 0.354 e. The summed E-state index contributed by atoms with van der Waals surface area (Å²) in [5.74, 6) is -3.04. The van der Waals surface area contributed by atoms with E-state index in [9.17, 15) is 18.4 Å². The normalized spacial score (nSPS) is 11.8. The standard InChI is InChI=1S/C14H19F2N3O2/c1-9(8-17-2)13(20)18-6-7-19-14(21)12-10(15)4-3-5-11(12)16/h3-5,9,17H,6-8H2,1-2H3,(H,18,20)(H,19,21). The average molecular weight is 299 g/mol. The van der Waals surface area contributed by atoms with Gasteiger partial charge in [0.2, 0.25) is 5.91 Å². The van der Waals surface area contributed by atoms with Crippen molar-refractivity contribution in [2.45, 2.75) is 6.92 Å². The van der Waals surface area contributed by atoms with Gasteiger partial charge in [0, 0.05) is 25.6 Å². The van der Waals surface area contributed by atoms with Gasteiger partial charge in [-0.1, -0.05) is 13.0 Å². The van der Waals surface area contributed by atoms with Gasteiger partial charge in [-0.15, -0.1) is 0 Å². The molecule has 2 amide bonds. The molecule has 1 atom stereocenters. The molecule has 0 spiro atoms. The smallest absolute Gasteiger partial charge is 0.257 e. The third-order valence-electron chi connectivity index (χ3n) is 2.86. The highest BCUT2D eigenvalue weighted by atomic mass is 19.1. The van der Waals surface area contributed by atoms with E-state index >= 15 is 0 Å². The van der Waals surface area contributed by atoms with Crippen molar-refractivity contribution in [2.75, 3.05) is 26.7 Å². The van der Waals surface area contributed by atoms with Gasteiger partial charge in [-0.25, -0.2) is 8.78 Å². The summed E-state index contributed by atoms with van der Waals surface area (Å²) < 4.78 is 26.7. The molecule has 3 N–H and O–H groups in total. The molecular weight excluding hydrogens is 280 g/mol. The summed E-state index contributed by atoms with van der Waals surface area (Å²) in [6.45, 7) is 2.58. The topological polar surface area (TPSA) is 70.2 Å². The number of hydrogen-bond donors (Lipinski definition) is 3. The molecule has 7 heteroatoms. The van der Waals surface area contributed by atoms with Gasteiger partial charge < -0.3 is 16.0 Å². The van der Waals surface area contributed by atoms with Crippen molar-refractivity contribution in [2.24, 2.45) is 5.92 Å². The van der Waals surface area contributed by atoms with Crippen LogP contribution in [0.3, 0.4) is 0 Å². The second kappa shape index (κ2) is 8.31. The Hall–Kier alpha value is -2.02. The quantitative estimate of drug-likeness (QED) is 0.648. The second-order valence-electron chi connectivity index (χ2n) is 4.60. The summed E-state index contributed by atoms with van der Waals surface area (Å²) in [4.78, 5) is 23.2. The van der Waals surface area contributed by atoms with E-state index in [-0.39, 0.29) is 24.9 Å². The summed E-state index contributed by atoms with van der Waals surface area (Å²) in [7, 11) is 1.74. The lowest BCUT2D eigenvalue weighted by Crippen LogP contribution is -2.39. The van der Waals surface area contributed by atoms with Gasteiger partial charge >= 0.3 is 0 Å². The number of carbonyl (C=O) groups is 2. The Morgan fingerprint density at radius 3 is 2.29 bits per heavy atom. The number of halogens is 2. The minimum absolute atomic E-state index is 0.0879. The van der Waals surface area contributed by atoms with Crippen LogP contribution in [-0.4, -0.2) is 38.5 Å². The van der Waals surface area contributed by atoms with Crippen LogP contribution in [0.1, 0.15) is 17.3 Å². The number of nitrogens with one attached hydrogen (secondary N) is 3. The van der Waals surface area contributed by atoms with Crippen molar-refractivity contribution in [1.82, 2.24) is 16.0 Å². The molecule has 5 nitrogen and oxygen atoms in total. The Labute approximate surface area is 122 Å². The van der Waals surface area contributed by atoms with Crippen LogP contribution >= 0.6 is 0 Å². The lowest BCUT2D eigenvalue weighted by atomic mass is 10.1. The van der Waals surface area contributed by atoms with Crippen LogP contribution < -0.4 is 16.0 Å². The maximum Gasteiger partial charge on any atom is 0.257 e. The highest BCUT2D eigenvalue weighted by Crippen LogP contribution is 2.11. The van der Waals surface area contributed by atoms with Crippen LogP contribution in [0, 0.1) is 17.6 Å². The summed E-state index contributed by atoms with van der Waals surface area (Å²) in [6, 6.07) is 3.21. The number of benzene rings is 1. The van der Waals surface area contributed by atoms with Crippen molar-refractivity contribution >= 4 is 11.8 Å². The van der Waals surface area contributed by atoms with Crippen LogP contribution in [0.2, 0.25) is 0 Å². The van der Waals surface area contributed by atoms with E-state index in [1.165, 1.54) is 6.07 Å². The van der Waals surface area contributed by atoms with Gasteiger partial charge in [0.15, 0.2) is 0 Å². The van der Waals surface area contributed by atoms with Gasteiger partial charge in [0.1, 0.15) is 17.2 Å². The Bertz CT molecular complexity index is 489. The van der Waals surface area contributed by atoms with Gasteiger partial charge in [0.05, 0.1) is 0 Å². The Kier molecular flexibility index (Phi) is 6.74. The first-order valence-electron chi connectivity index (χ1n) is 6.62. The van der Waals surface area contributed by atoms with Gasteiger partial charge in [-0.2, -0.15) is 0 Å². The molecule has 1 aromatic carbocycles. The van der Waals surface area contributed by atoms with E-state index in [4.69, 9.17) is 0 Å². The Balaban J connectivity index is 2.39. The first-order valence-corrected chi connectivity index (χ1v) is 6.62. The summed E-state index contributed by atoms with van der Waals surface area (Å²) >= 11 is 0. The number of amides is 2. The van der Waals surface area contributed by atoms with E-state index in [1.807, 2.05) is 0 Å². The molecule has 116 valence electrons. The minimum Gasteiger partial charge on any atom is -0.354 e. The molecule has 0 aliphatic heterocycles. The fraction of sp³-hybridized carbons (Fsp3) is 0.429. The number of rotatable bonds is 7. The zero-order valence-corrected chi connectivity index (χ0v) is 12.0. The lowest BCUT2D eigenvalue weighted by Gasteiger charge is -2.12. The summed E-state index contributed by atoms with van der Waals surface area (Å²) in [6.07, 6.45) is 0. The lowest BCUT2D eigenvalue weighted by molar-refractivity contribution is -0.124. The second-order valence-corrected chi connectivity index (χ2v) is 4.60. The van der Waals surface area contributed by atoms with Crippen molar-refractivity contribution in [1.29, 1.82) is 0 Å². The van der Waals surface area contributed by atoms with Crippen LogP contribution in [0.4, 0.5) is 8.78 Å². The predicted molar refractivity (Wildman–Crippen MR) is 74.8 cm³/mol. The Morgan fingerprint density at radius 2 is 1.71 bits per heavy atom. The first-order chi connectivity index (χ1) is 9.97. The Morgan fingerprint density at radius 1 is 1.14 bits per heavy atom. The average Bonchev–Trinajstić information content (AvgIpc) is 2.43. The molecule has 1 unspecified atom stereocenters. The SMILES string of the molecule is CNCC(C)C(=O)NCCNC(=O)c1c(F)cccc1F. The molecule has 0 heterocycles. The highest BCUT2D eigenvalue weighted by molar-refractivity contribution is 5.94. The zero-order valence-electron chi connectivity index (χ0n) is 12.0. The molecule has 21 heavy (non-hydrogen) atoms. The molecule has 0 fully saturated rings. The molecular formula is C14H19F2N3O2. The molecule has 1 rings (SSSR count). The van der Waals surface area contributed by atoms with E-state index in [0.717, 1.165) is 12.1 Å². The van der Waals surface area contributed by atoms with Crippen LogP contribution in [-0.2, 0) is 4.79 Å². The fourth-order valence-corrected chi connectivity index (χ4v) is 1.74. The molecule has 1 aromatic rings. The molecule has 0 aliphatic carbocycles. The van der Waals surface area contributed by atoms with Crippen molar-refractivity contribution in [3.05, 3.63) is 35.4 Å². The van der Waals surface area contributed by atoms with E-state index in [1.54, 1.807) is 14.0 Å². The minimum atomic E-state index is -0.917. The van der Waals surface area contributed by atoms with E-state index in [2.05, 4.69) is 16.0 Å². The maximum absolute atomic E-state index is 13.4. The summed E-state index contributed by atoms with van der Waals surface area (Å²) in [5, 5.41) is 7.86. The van der Waals surface area contributed by atoms with Gasteiger partial charge in [-0.3, -0.25) is 9.59 Å².